The molecule has 0 aromatic heterocycles. The first kappa shape index (κ1) is 14.2. The van der Waals surface area contributed by atoms with E-state index >= 15 is 0 Å². The Morgan fingerprint density at radius 1 is 1.44 bits per heavy atom. The van der Waals surface area contributed by atoms with Crippen molar-refractivity contribution in [3.63, 3.8) is 0 Å². The normalized spacial score (nSPS) is 12.9. The maximum absolute atomic E-state index is 12.7. The number of carbonyl (C=O) groups excluding carboxylic acids is 1. The van der Waals surface area contributed by atoms with Gasteiger partial charge in [-0.3, -0.25) is 4.79 Å². The van der Waals surface area contributed by atoms with Gasteiger partial charge in [0, 0.05) is 0 Å². The molecule has 0 saturated carbocycles. The van der Waals surface area contributed by atoms with Crippen LogP contribution in [0.25, 0.3) is 0 Å². The molecule has 1 atom stereocenters. The molecule has 0 bridgehead atoms. The van der Waals surface area contributed by atoms with Gasteiger partial charge in [0.2, 0.25) is 5.91 Å². The average Bonchev–Trinajstić information content (AvgIpc) is 2.34. The molecule has 18 heavy (non-hydrogen) atoms. The lowest BCUT2D eigenvalue weighted by Gasteiger charge is -2.20. The highest BCUT2D eigenvalue weighted by molar-refractivity contribution is 5.87. The zero-order valence-corrected chi connectivity index (χ0v) is 9.37. The highest BCUT2D eigenvalue weighted by atomic mass is 19.4. The number of carbonyl (C=O) groups is 1. The first-order chi connectivity index (χ1) is 8.40. The number of aliphatic hydroxyl groups excluding tert-OH is 1. The van der Waals surface area contributed by atoms with E-state index in [1.807, 2.05) is 0 Å². The second-order valence-electron chi connectivity index (χ2n) is 3.53. The van der Waals surface area contributed by atoms with E-state index in [1.54, 1.807) is 0 Å². The lowest BCUT2D eigenvalue weighted by molar-refractivity contribution is -0.138. The quantitative estimate of drug-likeness (QED) is 0.813. The summed E-state index contributed by atoms with van der Waals surface area (Å²) in [4.78, 5) is 11.1. The van der Waals surface area contributed by atoms with Crippen molar-refractivity contribution in [2.75, 3.05) is 6.61 Å². The number of hydrogen-bond acceptors (Lipinski definition) is 2. The molecule has 0 aliphatic carbocycles. The first-order valence-corrected chi connectivity index (χ1v) is 5.10. The van der Waals surface area contributed by atoms with Crippen molar-refractivity contribution in [3.05, 3.63) is 48.0 Å². The first-order valence-electron chi connectivity index (χ1n) is 5.10. The lowest BCUT2D eigenvalue weighted by Crippen LogP contribution is -2.30. The Labute approximate surface area is 102 Å². The van der Waals surface area contributed by atoms with Gasteiger partial charge in [-0.05, 0) is 17.7 Å². The molecule has 3 nitrogen and oxygen atoms in total. The highest BCUT2D eigenvalue weighted by Gasteiger charge is 2.35. The van der Waals surface area contributed by atoms with Crippen LogP contribution in [0.15, 0.2) is 36.9 Å². The van der Waals surface area contributed by atoms with Crippen LogP contribution in [-0.4, -0.2) is 17.6 Å². The van der Waals surface area contributed by atoms with Crippen molar-refractivity contribution in [1.29, 1.82) is 0 Å². The minimum atomic E-state index is -4.54. The van der Waals surface area contributed by atoms with Gasteiger partial charge < -0.3 is 10.4 Å². The monoisotopic (exact) mass is 259 g/mol. The number of alkyl halides is 3. The van der Waals surface area contributed by atoms with Crippen LogP contribution in [0, 0.1) is 0 Å². The summed E-state index contributed by atoms with van der Waals surface area (Å²) in [5.41, 5.74) is -1.06. The van der Waals surface area contributed by atoms with E-state index in [1.165, 1.54) is 18.2 Å². The molecule has 0 aliphatic rings. The van der Waals surface area contributed by atoms with E-state index in [4.69, 9.17) is 5.11 Å². The topological polar surface area (TPSA) is 49.3 Å². The molecular formula is C12H12F3NO2. The summed E-state index contributed by atoms with van der Waals surface area (Å²) in [7, 11) is 0. The van der Waals surface area contributed by atoms with E-state index < -0.39 is 30.3 Å². The number of halogens is 3. The van der Waals surface area contributed by atoms with Gasteiger partial charge in [0.25, 0.3) is 0 Å². The van der Waals surface area contributed by atoms with Gasteiger partial charge in [-0.25, -0.2) is 0 Å². The SMILES string of the molecule is C=CC(=O)NC(CO)c1ccccc1C(F)(F)F. The Morgan fingerprint density at radius 3 is 2.56 bits per heavy atom. The summed E-state index contributed by atoms with van der Waals surface area (Å²) in [6, 6.07) is 3.66. The molecule has 6 heteroatoms. The number of benzene rings is 1. The molecule has 0 heterocycles. The Kier molecular flexibility index (Phi) is 4.49. The number of amides is 1. The Morgan fingerprint density at radius 2 is 2.06 bits per heavy atom. The molecular weight excluding hydrogens is 247 g/mol. The zero-order chi connectivity index (χ0) is 13.8. The van der Waals surface area contributed by atoms with Crippen molar-refractivity contribution in [3.8, 4) is 0 Å². The van der Waals surface area contributed by atoms with Gasteiger partial charge in [-0.15, -0.1) is 0 Å². The lowest BCUT2D eigenvalue weighted by atomic mass is 10.0. The van der Waals surface area contributed by atoms with Gasteiger partial charge in [-0.1, -0.05) is 24.8 Å². The van der Waals surface area contributed by atoms with Crippen LogP contribution in [0.1, 0.15) is 17.2 Å². The van der Waals surface area contributed by atoms with Crippen LogP contribution in [0.3, 0.4) is 0 Å². The average molecular weight is 259 g/mol. The van der Waals surface area contributed by atoms with Crippen molar-refractivity contribution in [2.45, 2.75) is 12.2 Å². The minimum absolute atomic E-state index is 0.178. The Bertz CT molecular complexity index is 443. The second kappa shape index (κ2) is 5.68. The molecule has 1 rings (SSSR count). The molecule has 1 unspecified atom stereocenters. The van der Waals surface area contributed by atoms with Gasteiger partial charge >= 0.3 is 6.18 Å². The molecule has 98 valence electrons. The molecule has 1 aromatic rings. The fourth-order valence-electron chi connectivity index (χ4n) is 1.51. The third-order valence-corrected chi connectivity index (χ3v) is 2.33. The Balaban J connectivity index is 3.13. The van der Waals surface area contributed by atoms with Crippen LogP contribution >= 0.6 is 0 Å². The number of rotatable bonds is 4. The van der Waals surface area contributed by atoms with E-state index in [9.17, 15) is 18.0 Å². The van der Waals surface area contributed by atoms with Gasteiger partial charge in [0.1, 0.15) is 0 Å². The third-order valence-electron chi connectivity index (χ3n) is 2.33. The number of aliphatic hydroxyl groups is 1. The van der Waals surface area contributed by atoms with Crippen LogP contribution < -0.4 is 5.32 Å². The zero-order valence-electron chi connectivity index (χ0n) is 9.37. The fourth-order valence-corrected chi connectivity index (χ4v) is 1.51. The third kappa shape index (κ3) is 3.33. The summed E-state index contributed by atoms with van der Waals surface area (Å²) in [5, 5.41) is 11.3. The molecule has 0 saturated heterocycles. The fraction of sp³-hybridized carbons (Fsp3) is 0.250. The molecule has 0 fully saturated rings. The maximum Gasteiger partial charge on any atom is 0.416 e. The molecule has 1 aromatic carbocycles. The van der Waals surface area contributed by atoms with Crippen molar-refractivity contribution in [1.82, 2.24) is 5.32 Å². The van der Waals surface area contributed by atoms with Gasteiger partial charge in [0.05, 0.1) is 18.2 Å². The van der Waals surface area contributed by atoms with E-state index in [2.05, 4.69) is 11.9 Å². The van der Waals surface area contributed by atoms with Crippen LogP contribution in [-0.2, 0) is 11.0 Å². The van der Waals surface area contributed by atoms with Gasteiger partial charge in [0.15, 0.2) is 0 Å². The maximum atomic E-state index is 12.7. The highest BCUT2D eigenvalue weighted by Crippen LogP contribution is 2.34. The smallest absolute Gasteiger partial charge is 0.394 e. The van der Waals surface area contributed by atoms with Gasteiger partial charge in [-0.2, -0.15) is 13.2 Å². The predicted molar refractivity (Wildman–Crippen MR) is 59.6 cm³/mol. The second-order valence-corrected chi connectivity index (χ2v) is 3.53. The summed E-state index contributed by atoms with van der Waals surface area (Å²) >= 11 is 0. The molecule has 0 spiro atoms. The largest absolute Gasteiger partial charge is 0.416 e. The van der Waals surface area contributed by atoms with Crippen molar-refractivity contribution < 1.29 is 23.1 Å². The number of nitrogens with one attached hydrogen (secondary N) is 1. The van der Waals surface area contributed by atoms with E-state index in [0.29, 0.717) is 0 Å². The van der Waals surface area contributed by atoms with Crippen LogP contribution in [0.5, 0.6) is 0 Å². The van der Waals surface area contributed by atoms with Crippen LogP contribution in [0.2, 0.25) is 0 Å². The minimum Gasteiger partial charge on any atom is -0.394 e. The summed E-state index contributed by atoms with van der Waals surface area (Å²) in [6.07, 6.45) is -3.61. The Hall–Kier alpha value is -1.82. The molecule has 0 aliphatic heterocycles. The van der Waals surface area contributed by atoms with E-state index in [-0.39, 0.29) is 5.56 Å². The summed E-state index contributed by atoms with van der Waals surface area (Å²) < 4.78 is 38.2. The number of hydrogen-bond donors (Lipinski definition) is 2. The summed E-state index contributed by atoms with van der Waals surface area (Å²) in [5.74, 6) is -0.647. The molecule has 2 N–H and O–H groups in total. The standard InChI is InChI=1S/C12H12F3NO2/c1-2-11(18)16-10(7-17)8-5-3-4-6-9(8)12(13,14)15/h2-6,10,17H,1,7H2,(H,16,18). The summed E-state index contributed by atoms with van der Waals surface area (Å²) in [6.45, 7) is 2.56. The molecule has 0 radical (unpaired) electrons. The van der Waals surface area contributed by atoms with E-state index in [0.717, 1.165) is 12.1 Å². The predicted octanol–water partition coefficient (Wildman–Crippen LogP) is 2.04. The molecule has 1 amide bonds. The van der Waals surface area contributed by atoms with Crippen LogP contribution in [0.4, 0.5) is 13.2 Å². The van der Waals surface area contributed by atoms with Crippen molar-refractivity contribution in [2.24, 2.45) is 0 Å². The van der Waals surface area contributed by atoms with Crippen molar-refractivity contribution >= 4 is 5.91 Å².